The Morgan fingerprint density at radius 1 is 0.450 bits per heavy atom. The first kappa shape index (κ1) is 57.5. The lowest BCUT2D eigenvalue weighted by Gasteiger charge is -2.19. The van der Waals surface area contributed by atoms with Crippen molar-refractivity contribution in [1.29, 1.82) is 0 Å². The molecule has 0 radical (unpaired) electrons. The maximum Gasteiger partial charge on any atom is 0.472 e. The number of aliphatic hydroxyl groups excluding tert-OH is 3. The molecule has 0 aliphatic rings. The summed E-state index contributed by atoms with van der Waals surface area (Å²) in [6.07, 6.45) is 36.2. The van der Waals surface area contributed by atoms with Crippen molar-refractivity contribution in [2.75, 3.05) is 39.6 Å². The van der Waals surface area contributed by atoms with E-state index in [1.54, 1.807) is 0 Å². The number of carbonyl (C=O) groups excluding carboxylic acids is 2. The third-order valence-electron chi connectivity index (χ3n) is 8.34. The lowest BCUT2D eigenvalue weighted by molar-refractivity contribution is -0.148. The molecule has 0 aliphatic carbocycles. The van der Waals surface area contributed by atoms with Gasteiger partial charge in [-0.25, -0.2) is 9.13 Å². The van der Waals surface area contributed by atoms with Gasteiger partial charge in [0.15, 0.2) is 0 Å². The molecule has 15 nitrogen and oxygen atoms in total. The molecule has 0 aromatic heterocycles. The molecule has 0 heterocycles. The molecule has 0 bridgehead atoms. The highest BCUT2D eigenvalue weighted by Crippen LogP contribution is 2.45. The van der Waals surface area contributed by atoms with Gasteiger partial charge in [0.2, 0.25) is 0 Å². The van der Waals surface area contributed by atoms with Gasteiger partial charge in [0, 0.05) is 12.8 Å². The number of unbranched alkanes of at least 4 members (excludes halogenated alkanes) is 13. The molecule has 0 aromatic rings. The lowest BCUT2D eigenvalue weighted by atomic mass is 10.1. The molecule has 0 saturated carbocycles. The number of ether oxygens (including phenoxy) is 2. The Morgan fingerprint density at radius 3 is 1.15 bits per heavy atom. The standard InChI is InChI=1S/C43H74O15P2/c1-3-5-7-9-11-13-15-16-17-18-19-20-22-24-26-28-30-32-43(48)54-34-40(45)36-56-60(51,52)58-38-41(46)37-57-59(49,50)55-35-39(44)33-53-42(47)31-29-27-25-23-21-14-12-10-8-6-4-2/h5,7,9,11,13,15-20,22,39-41,44-46H,3-4,6,8,10,12,14,21,23-38H2,1-2H3,(H,49,50)(H,51,52)/b7-5-,11-9+,15-13+,17-16-,19-18+,22-20+. The van der Waals surface area contributed by atoms with Crippen LogP contribution in [0.2, 0.25) is 0 Å². The summed E-state index contributed by atoms with van der Waals surface area (Å²) in [7, 11) is -9.58. The molecular weight excluding hydrogens is 818 g/mol. The number of aliphatic hydroxyl groups is 3. The normalized spacial score (nSPS) is 16.1. The van der Waals surface area contributed by atoms with Crippen LogP contribution in [0.4, 0.5) is 0 Å². The molecule has 0 fully saturated rings. The highest BCUT2D eigenvalue weighted by molar-refractivity contribution is 7.47. The van der Waals surface area contributed by atoms with Crippen LogP contribution in [0.1, 0.15) is 129 Å². The number of allylic oxidation sites excluding steroid dienone is 12. The molecule has 5 atom stereocenters. The first-order valence-electron chi connectivity index (χ1n) is 21.4. The second-order valence-corrected chi connectivity index (χ2v) is 17.0. The van der Waals surface area contributed by atoms with E-state index in [1.165, 1.54) is 44.9 Å². The fourth-order valence-electron chi connectivity index (χ4n) is 5.01. The monoisotopic (exact) mass is 892 g/mol. The van der Waals surface area contributed by atoms with Crippen molar-refractivity contribution in [3.05, 3.63) is 72.9 Å². The van der Waals surface area contributed by atoms with Crippen LogP contribution in [0.15, 0.2) is 72.9 Å². The second-order valence-electron chi connectivity index (χ2n) is 14.1. The van der Waals surface area contributed by atoms with Crippen LogP contribution in [0.25, 0.3) is 0 Å². The molecule has 346 valence electrons. The topological polar surface area (TPSA) is 225 Å². The van der Waals surface area contributed by atoms with Gasteiger partial charge in [-0.05, 0) is 32.1 Å². The zero-order chi connectivity index (χ0) is 44.6. The Balaban J connectivity index is 4.01. The summed E-state index contributed by atoms with van der Waals surface area (Å²) < 4.78 is 52.8. The molecular formula is C43H74O15P2. The molecule has 0 aromatic carbocycles. The number of hydrogen-bond donors (Lipinski definition) is 5. The van der Waals surface area contributed by atoms with E-state index in [4.69, 9.17) is 9.47 Å². The van der Waals surface area contributed by atoms with Gasteiger partial charge in [-0.15, -0.1) is 0 Å². The Hall–Kier alpha value is -2.52. The van der Waals surface area contributed by atoms with Gasteiger partial charge in [-0.3, -0.25) is 27.7 Å². The minimum absolute atomic E-state index is 0.141. The number of carbonyl (C=O) groups is 2. The third-order valence-corrected chi connectivity index (χ3v) is 10.2. The van der Waals surface area contributed by atoms with Gasteiger partial charge < -0.3 is 34.6 Å². The minimum atomic E-state index is -4.79. The smallest absolute Gasteiger partial charge is 0.463 e. The van der Waals surface area contributed by atoms with Crippen molar-refractivity contribution in [1.82, 2.24) is 0 Å². The summed E-state index contributed by atoms with van der Waals surface area (Å²) in [6, 6.07) is 0. The van der Waals surface area contributed by atoms with Gasteiger partial charge in [-0.2, -0.15) is 0 Å². The molecule has 0 saturated heterocycles. The Kier molecular flexibility index (Phi) is 37.7. The molecule has 0 aliphatic heterocycles. The molecule has 5 N–H and O–H groups in total. The summed E-state index contributed by atoms with van der Waals surface area (Å²) >= 11 is 0. The number of phosphoric ester groups is 2. The predicted molar refractivity (Wildman–Crippen MR) is 233 cm³/mol. The van der Waals surface area contributed by atoms with E-state index >= 15 is 0 Å². The van der Waals surface area contributed by atoms with Crippen molar-refractivity contribution >= 4 is 27.6 Å². The zero-order valence-electron chi connectivity index (χ0n) is 35.8. The minimum Gasteiger partial charge on any atom is -0.463 e. The number of esters is 2. The number of hydrogen-bond acceptors (Lipinski definition) is 13. The summed E-state index contributed by atoms with van der Waals surface area (Å²) in [6.45, 7) is 0.174. The summed E-state index contributed by atoms with van der Waals surface area (Å²) in [5, 5.41) is 29.9. The maximum atomic E-state index is 12.1. The van der Waals surface area contributed by atoms with Gasteiger partial charge in [-0.1, -0.05) is 157 Å². The highest BCUT2D eigenvalue weighted by atomic mass is 31.2. The fourth-order valence-corrected chi connectivity index (χ4v) is 6.60. The van der Waals surface area contributed by atoms with Crippen molar-refractivity contribution in [2.24, 2.45) is 0 Å². The lowest BCUT2D eigenvalue weighted by Crippen LogP contribution is -2.25. The number of phosphoric acid groups is 2. The molecule has 0 spiro atoms. The Morgan fingerprint density at radius 2 is 0.767 bits per heavy atom. The first-order chi connectivity index (χ1) is 28.8. The average molecular weight is 893 g/mol. The van der Waals surface area contributed by atoms with Crippen LogP contribution in [0.3, 0.4) is 0 Å². The van der Waals surface area contributed by atoms with E-state index in [2.05, 4.69) is 38.0 Å². The van der Waals surface area contributed by atoms with Crippen molar-refractivity contribution < 1.29 is 71.4 Å². The second kappa shape index (κ2) is 39.3. The van der Waals surface area contributed by atoms with Crippen LogP contribution in [0.5, 0.6) is 0 Å². The maximum absolute atomic E-state index is 12.1. The largest absolute Gasteiger partial charge is 0.472 e. The van der Waals surface area contributed by atoms with Gasteiger partial charge in [0.25, 0.3) is 0 Å². The molecule has 60 heavy (non-hydrogen) atoms. The summed E-state index contributed by atoms with van der Waals surface area (Å²) in [5.74, 6) is -1.04. The van der Waals surface area contributed by atoms with Crippen molar-refractivity contribution in [3.8, 4) is 0 Å². The first-order valence-corrected chi connectivity index (χ1v) is 24.4. The molecule has 0 amide bonds. The van der Waals surface area contributed by atoms with Crippen molar-refractivity contribution in [3.63, 3.8) is 0 Å². The van der Waals surface area contributed by atoms with E-state index in [-0.39, 0.29) is 12.8 Å². The van der Waals surface area contributed by atoms with E-state index in [0.29, 0.717) is 12.8 Å². The summed E-state index contributed by atoms with van der Waals surface area (Å²) in [4.78, 5) is 43.6. The fraction of sp³-hybridized carbons (Fsp3) is 0.674. The quantitative estimate of drug-likeness (QED) is 0.0168. The highest BCUT2D eigenvalue weighted by Gasteiger charge is 2.28. The molecule has 0 rings (SSSR count). The van der Waals surface area contributed by atoms with Gasteiger partial charge in [0.1, 0.15) is 31.5 Å². The van der Waals surface area contributed by atoms with Crippen LogP contribution in [0, 0.1) is 0 Å². The van der Waals surface area contributed by atoms with Gasteiger partial charge in [0.05, 0.1) is 26.4 Å². The van der Waals surface area contributed by atoms with E-state index in [0.717, 1.165) is 44.9 Å². The van der Waals surface area contributed by atoms with Crippen LogP contribution >= 0.6 is 15.6 Å². The average Bonchev–Trinajstić information content (AvgIpc) is 3.22. The van der Waals surface area contributed by atoms with Crippen LogP contribution in [-0.4, -0.2) is 95.0 Å². The van der Waals surface area contributed by atoms with E-state index in [1.807, 2.05) is 66.8 Å². The predicted octanol–water partition coefficient (Wildman–Crippen LogP) is 8.82. The van der Waals surface area contributed by atoms with E-state index in [9.17, 15) is 43.8 Å². The van der Waals surface area contributed by atoms with Crippen LogP contribution < -0.4 is 0 Å². The molecule has 5 unspecified atom stereocenters. The Bertz CT molecular complexity index is 1360. The summed E-state index contributed by atoms with van der Waals surface area (Å²) in [5.41, 5.74) is 0. The third kappa shape index (κ3) is 40.9. The number of rotatable bonds is 40. The zero-order valence-corrected chi connectivity index (χ0v) is 37.6. The van der Waals surface area contributed by atoms with Crippen LogP contribution in [-0.2, 0) is 46.3 Å². The van der Waals surface area contributed by atoms with E-state index < -0.39 is 85.5 Å². The Labute approximate surface area is 358 Å². The molecule has 17 heteroatoms. The van der Waals surface area contributed by atoms with Gasteiger partial charge >= 0.3 is 27.6 Å². The van der Waals surface area contributed by atoms with Crippen molar-refractivity contribution in [2.45, 2.75) is 148 Å². The SMILES string of the molecule is CC\C=C/C=C/C=C/C=C\C=C\C=C\CCCCCC(=O)OCC(O)COP(=O)(O)OCC(O)COP(=O)(O)OCC(O)COC(=O)CCCCCCCCCCCCC.